The monoisotopic (exact) mass is 502 g/mol. The van der Waals surface area contributed by atoms with E-state index in [2.05, 4.69) is 16.0 Å². The standard InChI is InChI=1S/C27H26N4O6/c1-37-25-13-17(5-11-24(25)31(35)36)16-4-9-20-22(12-16)29-23-14-18(6-10-21(23)30-27(20)34)28-26(33)15-2-7-19(32)8-3-15/h4-6,9-15,19,29,32H,2-3,7-8H2,1H3,(H,28,33)(H,30,34)/t15-,19+. The Hall–Kier alpha value is -4.44. The molecule has 0 unspecified atom stereocenters. The number of carbonyl (C=O) groups is 2. The van der Waals surface area contributed by atoms with Crippen LogP contribution in [0.15, 0.2) is 54.6 Å². The predicted octanol–water partition coefficient (Wildman–Crippen LogP) is 5.07. The Balaban J connectivity index is 1.42. The zero-order valence-electron chi connectivity index (χ0n) is 20.1. The van der Waals surface area contributed by atoms with Gasteiger partial charge in [0.2, 0.25) is 5.91 Å². The van der Waals surface area contributed by atoms with Crippen LogP contribution in [0.5, 0.6) is 5.75 Å². The second-order valence-corrected chi connectivity index (χ2v) is 9.24. The fraction of sp³-hybridized carbons (Fsp3) is 0.259. The Morgan fingerprint density at radius 2 is 1.70 bits per heavy atom. The van der Waals surface area contributed by atoms with Crippen LogP contribution in [0.25, 0.3) is 11.1 Å². The van der Waals surface area contributed by atoms with E-state index in [-0.39, 0.29) is 35.3 Å². The largest absolute Gasteiger partial charge is 0.490 e. The third-order valence-electron chi connectivity index (χ3n) is 6.85. The maximum absolute atomic E-state index is 12.9. The number of nitrogens with zero attached hydrogens (tertiary/aromatic N) is 1. The van der Waals surface area contributed by atoms with E-state index in [9.17, 15) is 24.8 Å². The SMILES string of the molecule is COc1cc(-c2ccc3c(c2)Nc2cc(NC(=O)[C@H]4CC[C@@H](O)CC4)ccc2NC3=O)ccc1[N+](=O)[O-]. The minimum Gasteiger partial charge on any atom is -0.490 e. The second kappa shape index (κ2) is 9.90. The molecular weight excluding hydrogens is 476 g/mol. The number of aliphatic hydroxyl groups excluding tert-OH is 1. The summed E-state index contributed by atoms with van der Waals surface area (Å²) < 4.78 is 5.19. The molecule has 1 fully saturated rings. The van der Waals surface area contributed by atoms with Gasteiger partial charge in [0.1, 0.15) is 0 Å². The Morgan fingerprint density at radius 3 is 2.43 bits per heavy atom. The molecule has 0 aromatic heterocycles. The van der Waals surface area contributed by atoms with Gasteiger partial charge >= 0.3 is 5.69 Å². The molecule has 0 spiro atoms. The number of hydrogen-bond acceptors (Lipinski definition) is 7. The normalized spacial score (nSPS) is 18.4. The summed E-state index contributed by atoms with van der Waals surface area (Å²) in [6, 6.07) is 15.1. The lowest BCUT2D eigenvalue weighted by Gasteiger charge is -2.24. The molecule has 37 heavy (non-hydrogen) atoms. The first-order valence-electron chi connectivity index (χ1n) is 12.0. The average molecular weight is 503 g/mol. The number of ether oxygens (including phenoxy) is 1. The number of nitrogens with one attached hydrogen (secondary N) is 3. The highest BCUT2D eigenvalue weighted by Crippen LogP contribution is 2.38. The highest BCUT2D eigenvalue weighted by Gasteiger charge is 2.26. The zero-order chi connectivity index (χ0) is 26.1. The lowest BCUT2D eigenvalue weighted by Crippen LogP contribution is -2.28. The molecule has 0 atom stereocenters. The van der Waals surface area contributed by atoms with E-state index in [4.69, 9.17) is 4.74 Å². The van der Waals surface area contributed by atoms with Crippen molar-refractivity contribution in [1.82, 2.24) is 0 Å². The summed E-state index contributed by atoms with van der Waals surface area (Å²) >= 11 is 0. The van der Waals surface area contributed by atoms with Crippen molar-refractivity contribution in [3.63, 3.8) is 0 Å². The number of rotatable bonds is 5. The van der Waals surface area contributed by atoms with Crippen molar-refractivity contribution in [2.75, 3.05) is 23.1 Å². The topological polar surface area (TPSA) is 143 Å². The Morgan fingerprint density at radius 1 is 0.973 bits per heavy atom. The lowest BCUT2D eigenvalue weighted by atomic mass is 9.87. The molecular formula is C27H26N4O6. The van der Waals surface area contributed by atoms with E-state index in [0.29, 0.717) is 59.6 Å². The molecule has 2 amide bonds. The number of carbonyl (C=O) groups excluding carboxylic acids is 2. The predicted molar refractivity (Wildman–Crippen MR) is 139 cm³/mol. The van der Waals surface area contributed by atoms with Crippen LogP contribution >= 0.6 is 0 Å². The lowest BCUT2D eigenvalue weighted by molar-refractivity contribution is -0.385. The molecule has 0 bridgehead atoms. The highest BCUT2D eigenvalue weighted by atomic mass is 16.6. The molecule has 1 aliphatic heterocycles. The fourth-order valence-electron chi connectivity index (χ4n) is 4.78. The molecule has 1 aliphatic carbocycles. The number of amides is 2. The smallest absolute Gasteiger partial charge is 0.310 e. The van der Waals surface area contributed by atoms with Crippen LogP contribution in [0.4, 0.5) is 28.4 Å². The van der Waals surface area contributed by atoms with Crippen molar-refractivity contribution in [1.29, 1.82) is 0 Å². The zero-order valence-corrected chi connectivity index (χ0v) is 20.1. The number of aliphatic hydroxyl groups is 1. The van der Waals surface area contributed by atoms with Gasteiger partial charge in [-0.3, -0.25) is 19.7 Å². The number of anilines is 4. The summed E-state index contributed by atoms with van der Waals surface area (Å²) in [7, 11) is 1.37. The van der Waals surface area contributed by atoms with Gasteiger partial charge in [0.15, 0.2) is 5.75 Å². The molecule has 3 aromatic carbocycles. The molecule has 0 saturated heterocycles. The molecule has 190 valence electrons. The third-order valence-corrected chi connectivity index (χ3v) is 6.85. The van der Waals surface area contributed by atoms with Crippen LogP contribution in [0.1, 0.15) is 36.0 Å². The molecule has 1 saturated carbocycles. The van der Waals surface area contributed by atoms with Crippen molar-refractivity contribution in [2.24, 2.45) is 5.92 Å². The number of nitro groups is 1. The van der Waals surface area contributed by atoms with E-state index >= 15 is 0 Å². The first kappa shape index (κ1) is 24.3. The van der Waals surface area contributed by atoms with Gasteiger partial charge in [-0.25, -0.2) is 0 Å². The molecule has 5 rings (SSSR count). The van der Waals surface area contributed by atoms with Crippen LogP contribution in [-0.2, 0) is 4.79 Å². The molecule has 3 aromatic rings. The van der Waals surface area contributed by atoms with E-state index in [1.54, 1.807) is 48.5 Å². The number of methoxy groups -OCH3 is 1. The van der Waals surface area contributed by atoms with Crippen molar-refractivity contribution in [3.8, 4) is 16.9 Å². The molecule has 10 nitrogen and oxygen atoms in total. The highest BCUT2D eigenvalue weighted by molar-refractivity contribution is 6.13. The number of benzene rings is 3. The van der Waals surface area contributed by atoms with Gasteiger partial charge in [-0.2, -0.15) is 0 Å². The molecule has 10 heteroatoms. The van der Waals surface area contributed by atoms with Crippen LogP contribution in [0.3, 0.4) is 0 Å². The van der Waals surface area contributed by atoms with Gasteiger partial charge in [-0.15, -0.1) is 0 Å². The quantitative estimate of drug-likeness (QED) is 0.282. The number of hydrogen-bond donors (Lipinski definition) is 4. The van der Waals surface area contributed by atoms with Gasteiger partial charge in [0.25, 0.3) is 5.91 Å². The van der Waals surface area contributed by atoms with E-state index in [1.807, 2.05) is 0 Å². The first-order valence-corrected chi connectivity index (χ1v) is 12.0. The van der Waals surface area contributed by atoms with Crippen molar-refractivity contribution in [3.05, 3.63) is 70.3 Å². The summed E-state index contributed by atoms with van der Waals surface area (Å²) in [5, 5.41) is 30.1. The van der Waals surface area contributed by atoms with E-state index < -0.39 is 4.92 Å². The Kier molecular flexibility index (Phi) is 6.49. The van der Waals surface area contributed by atoms with Crippen LogP contribution in [-0.4, -0.2) is 35.1 Å². The number of nitro benzene ring substituents is 1. The van der Waals surface area contributed by atoms with Gasteiger partial charge in [0.05, 0.1) is 40.8 Å². The minimum atomic E-state index is -0.504. The van der Waals surface area contributed by atoms with E-state index in [0.717, 1.165) is 5.56 Å². The summed E-state index contributed by atoms with van der Waals surface area (Å²) in [5.41, 5.74) is 4.05. The molecule has 1 heterocycles. The summed E-state index contributed by atoms with van der Waals surface area (Å²) in [6.45, 7) is 0. The Bertz CT molecular complexity index is 1400. The van der Waals surface area contributed by atoms with Gasteiger partial charge in [0, 0.05) is 17.7 Å². The third kappa shape index (κ3) is 4.96. The fourth-order valence-corrected chi connectivity index (χ4v) is 4.78. The maximum Gasteiger partial charge on any atom is 0.310 e. The van der Waals surface area contributed by atoms with Gasteiger partial charge in [-0.05, 0) is 79.3 Å². The van der Waals surface area contributed by atoms with Crippen molar-refractivity contribution >= 4 is 40.3 Å². The second-order valence-electron chi connectivity index (χ2n) is 9.24. The minimum absolute atomic E-state index is 0.0840. The summed E-state index contributed by atoms with van der Waals surface area (Å²) in [4.78, 5) is 36.4. The molecule has 2 aliphatic rings. The van der Waals surface area contributed by atoms with Crippen LogP contribution in [0, 0.1) is 16.0 Å². The average Bonchev–Trinajstić information content (AvgIpc) is 3.03. The molecule has 0 radical (unpaired) electrons. The van der Waals surface area contributed by atoms with Crippen LogP contribution < -0.4 is 20.7 Å². The van der Waals surface area contributed by atoms with E-state index in [1.165, 1.54) is 13.2 Å². The first-order chi connectivity index (χ1) is 17.8. The molecule has 4 N–H and O–H groups in total. The Labute approximate surface area is 212 Å². The van der Waals surface area contributed by atoms with Gasteiger partial charge in [-0.1, -0.05) is 6.07 Å². The summed E-state index contributed by atoms with van der Waals surface area (Å²) in [6.07, 6.45) is 2.21. The maximum atomic E-state index is 12.9. The van der Waals surface area contributed by atoms with Crippen molar-refractivity contribution < 1.29 is 24.4 Å². The summed E-state index contributed by atoms with van der Waals surface area (Å²) in [5.74, 6) is -0.371. The van der Waals surface area contributed by atoms with Gasteiger partial charge < -0.3 is 25.8 Å². The van der Waals surface area contributed by atoms with Crippen molar-refractivity contribution in [2.45, 2.75) is 31.8 Å². The van der Waals surface area contributed by atoms with Crippen LogP contribution in [0.2, 0.25) is 0 Å². The number of fused-ring (bicyclic) bond motifs is 2.